The van der Waals surface area contributed by atoms with Crippen LogP contribution in [0.5, 0.6) is 0 Å². The predicted molar refractivity (Wildman–Crippen MR) is 96.0 cm³/mol. The molecule has 0 radical (unpaired) electrons. The molecule has 2 heterocycles. The molecule has 0 atom stereocenters. The van der Waals surface area contributed by atoms with Gasteiger partial charge in [-0.1, -0.05) is 37.2 Å². The third-order valence-electron chi connectivity index (χ3n) is 4.08. The van der Waals surface area contributed by atoms with Gasteiger partial charge >= 0.3 is 0 Å². The standard InChI is InChI=1S/C17H23N3O.C2H6/c1-15-14-16(18-21-15)6-5-9-19-10-12-20(13-11-19)17-7-3-2-4-8-17;1-2/h2-4,7-8,14H,5-6,9-13H2,1H3;1-2H3. The Morgan fingerprint density at radius 1 is 1.04 bits per heavy atom. The molecule has 0 saturated carbocycles. The van der Waals surface area contributed by atoms with Crippen LogP contribution in [0.2, 0.25) is 0 Å². The highest BCUT2D eigenvalue weighted by molar-refractivity contribution is 5.46. The van der Waals surface area contributed by atoms with Gasteiger partial charge in [0, 0.05) is 37.9 Å². The summed E-state index contributed by atoms with van der Waals surface area (Å²) in [6.45, 7) is 11.6. The minimum absolute atomic E-state index is 0.904. The summed E-state index contributed by atoms with van der Waals surface area (Å²) >= 11 is 0. The van der Waals surface area contributed by atoms with Gasteiger partial charge in [0.1, 0.15) is 5.76 Å². The zero-order valence-corrected chi connectivity index (χ0v) is 14.7. The molecule has 2 aromatic rings. The third-order valence-corrected chi connectivity index (χ3v) is 4.08. The van der Waals surface area contributed by atoms with Crippen molar-refractivity contribution < 1.29 is 4.52 Å². The summed E-state index contributed by atoms with van der Waals surface area (Å²) in [7, 11) is 0. The van der Waals surface area contributed by atoms with Crippen molar-refractivity contribution in [3.63, 3.8) is 0 Å². The van der Waals surface area contributed by atoms with E-state index in [9.17, 15) is 0 Å². The van der Waals surface area contributed by atoms with Crippen LogP contribution in [-0.2, 0) is 6.42 Å². The first kappa shape index (κ1) is 17.5. The average Bonchev–Trinajstić information content (AvgIpc) is 3.03. The smallest absolute Gasteiger partial charge is 0.133 e. The van der Waals surface area contributed by atoms with E-state index in [-0.39, 0.29) is 0 Å². The molecule has 0 N–H and O–H groups in total. The van der Waals surface area contributed by atoms with Gasteiger partial charge in [-0.05, 0) is 38.4 Å². The Bertz CT molecular complexity index is 545. The molecule has 1 aliphatic heterocycles. The first-order valence-electron chi connectivity index (χ1n) is 8.76. The van der Waals surface area contributed by atoms with Crippen LogP contribution < -0.4 is 4.90 Å². The molecule has 0 bridgehead atoms. The number of benzene rings is 1. The summed E-state index contributed by atoms with van der Waals surface area (Å²) in [4.78, 5) is 5.02. The van der Waals surface area contributed by atoms with E-state index in [1.165, 1.54) is 5.69 Å². The number of aryl methyl sites for hydroxylation is 2. The molecular weight excluding hydrogens is 286 g/mol. The van der Waals surface area contributed by atoms with E-state index in [0.29, 0.717) is 0 Å². The maximum atomic E-state index is 5.10. The lowest BCUT2D eigenvalue weighted by molar-refractivity contribution is 0.254. The molecular formula is C19H29N3O. The number of aromatic nitrogens is 1. The highest BCUT2D eigenvalue weighted by atomic mass is 16.5. The van der Waals surface area contributed by atoms with Crippen molar-refractivity contribution in [3.8, 4) is 0 Å². The molecule has 1 aromatic carbocycles. The van der Waals surface area contributed by atoms with Gasteiger partial charge in [-0.3, -0.25) is 4.90 Å². The average molecular weight is 315 g/mol. The summed E-state index contributed by atoms with van der Waals surface area (Å²) in [6, 6.07) is 12.7. The number of rotatable bonds is 5. The summed E-state index contributed by atoms with van der Waals surface area (Å²) in [5.74, 6) is 0.904. The van der Waals surface area contributed by atoms with Crippen LogP contribution in [-0.4, -0.2) is 42.8 Å². The third kappa shape index (κ3) is 5.39. The number of para-hydroxylation sites is 1. The molecule has 4 nitrogen and oxygen atoms in total. The maximum Gasteiger partial charge on any atom is 0.133 e. The minimum Gasteiger partial charge on any atom is -0.369 e. The number of nitrogens with zero attached hydrogens (tertiary/aromatic N) is 3. The second-order valence-electron chi connectivity index (χ2n) is 5.70. The lowest BCUT2D eigenvalue weighted by atomic mass is 10.2. The number of hydrogen-bond acceptors (Lipinski definition) is 4. The minimum atomic E-state index is 0.904. The molecule has 1 saturated heterocycles. The van der Waals surface area contributed by atoms with Gasteiger partial charge in [-0.15, -0.1) is 0 Å². The fraction of sp³-hybridized carbons (Fsp3) is 0.526. The second kappa shape index (κ2) is 9.36. The van der Waals surface area contributed by atoms with Crippen LogP contribution in [0, 0.1) is 6.92 Å². The molecule has 1 fully saturated rings. The van der Waals surface area contributed by atoms with Gasteiger partial charge < -0.3 is 9.42 Å². The van der Waals surface area contributed by atoms with Gasteiger partial charge in [0.15, 0.2) is 0 Å². The Balaban J connectivity index is 0.000000924. The van der Waals surface area contributed by atoms with Crippen molar-refractivity contribution in [2.45, 2.75) is 33.6 Å². The fourth-order valence-corrected chi connectivity index (χ4v) is 2.89. The second-order valence-corrected chi connectivity index (χ2v) is 5.70. The molecule has 0 unspecified atom stereocenters. The summed E-state index contributed by atoms with van der Waals surface area (Å²) < 4.78 is 5.10. The molecule has 23 heavy (non-hydrogen) atoms. The van der Waals surface area contributed by atoms with Gasteiger partial charge in [-0.25, -0.2) is 0 Å². The van der Waals surface area contributed by atoms with Gasteiger partial charge in [-0.2, -0.15) is 0 Å². The lowest BCUT2D eigenvalue weighted by Gasteiger charge is -2.36. The van der Waals surface area contributed by atoms with Crippen LogP contribution in [0.3, 0.4) is 0 Å². The van der Waals surface area contributed by atoms with Crippen LogP contribution >= 0.6 is 0 Å². The van der Waals surface area contributed by atoms with E-state index in [1.807, 2.05) is 26.8 Å². The molecule has 1 aliphatic rings. The normalized spacial score (nSPS) is 15.2. The van der Waals surface area contributed by atoms with Crippen molar-refractivity contribution in [3.05, 3.63) is 47.9 Å². The molecule has 0 aliphatic carbocycles. The van der Waals surface area contributed by atoms with E-state index >= 15 is 0 Å². The van der Waals surface area contributed by atoms with Crippen LogP contribution in [0.1, 0.15) is 31.7 Å². The van der Waals surface area contributed by atoms with Crippen LogP contribution in [0.4, 0.5) is 5.69 Å². The Labute approximate surface area is 140 Å². The Hall–Kier alpha value is -1.81. The summed E-state index contributed by atoms with van der Waals surface area (Å²) in [5.41, 5.74) is 2.42. The fourth-order valence-electron chi connectivity index (χ4n) is 2.89. The predicted octanol–water partition coefficient (Wildman–Crippen LogP) is 3.76. The topological polar surface area (TPSA) is 32.5 Å². The quantitative estimate of drug-likeness (QED) is 0.841. The van der Waals surface area contributed by atoms with E-state index < -0.39 is 0 Å². The monoisotopic (exact) mass is 315 g/mol. The van der Waals surface area contributed by atoms with Crippen LogP contribution in [0.15, 0.2) is 40.9 Å². The molecule has 0 spiro atoms. The first-order valence-corrected chi connectivity index (χ1v) is 8.76. The molecule has 0 amide bonds. The van der Waals surface area contributed by atoms with Crippen molar-refractivity contribution >= 4 is 5.69 Å². The number of piperazine rings is 1. The molecule has 126 valence electrons. The van der Waals surface area contributed by atoms with E-state index in [2.05, 4.69) is 45.3 Å². The lowest BCUT2D eigenvalue weighted by Crippen LogP contribution is -2.46. The Morgan fingerprint density at radius 2 is 1.74 bits per heavy atom. The molecule has 4 heteroatoms. The zero-order valence-electron chi connectivity index (χ0n) is 14.7. The largest absolute Gasteiger partial charge is 0.369 e. The zero-order chi connectivity index (χ0) is 16.5. The van der Waals surface area contributed by atoms with Gasteiger partial charge in [0.25, 0.3) is 0 Å². The van der Waals surface area contributed by atoms with E-state index in [1.54, 1.807) is 0 Å². The van der Waals surface area contributed by atoms with E-state index in [0.717, 1.165) is 57.0 Å². The molecule has 1 aromatic heterocycles. The molecule has 3 rings (SSSR count). The van der Waals surface area contributed by atoms with E-state index in [4.69, 9.17) is 4.52 Å². The van der Waals surface area contributed by atoms with Gasteiger partial charge in [0.05, 0.1) is 5.69 Å². The van der Waals surface area contributed by atoms with Crippen molar-refractivity contribution in [1.29, 1.82) is 0 Å². The number of hydrogen-bond donors (Lipinski definition) is 0. The SMILES string of the molecule is CC.Cc1cc(CCCN2CCN(c3ccccc3)CC2)no1. The van der Waals surface area contributed by atoms with Crippen molar-refractivity contribution in [1.82, 2.24) is 10.1 Å². The Morgan fingerprint density at radius 3 is 2.35 bits per heavy atom. The highest BCUT2D eigenvalue weighted by Crippen LogP contribution is 2.15. The Kier molecular flexibility index (Phi) is 7.14. The highest BCUT2D eigenvalue weighted by Gasteiger charge is 2.16. The maximum absolute atomic E-state index is 5.10. The number of anilines is 1. The van der Waals surface area contributed by atoms with Crippen molar-refractivity contribution in [2.24, 2.45) is 0 Å². The summed E-state index contributed by atoms with van der Waals surface area (Å²) in [6.07, 6.45) is 2.16. The van der Waals surface area contributed by atoms with Gasteiger partial charge in [0.2, 0.25) is 0 Å². The van der Waals surface area contributed by atoms with Crippen LogP contribution in [0.25, 0.3) is 0 Å². The first-order chi connectivity index (χ1) is 11.3. The summed E-state index contributed by atoms with van der Waals surface area (Å²) in [5, 5.41) is 4.05. The van der Waals surface area contributed by atoms with Crippen molar-refractivity contribution in [2.75, 3.05) is 37.6 Å².